The van der Waals surface area contributed by atoms with Crippen molar-refractivity contribution in [2.75, 3.05) is 46.0 Å². The van der Waals surface area contributed by atoms with Crippen LogP contribution in [0, 0.1) is 5.92 Å². The number of allylic oxidation sites excluding steroid dienone is 1. The molecule has 4 aliphatic heterocycles. The van der Waals surface area contributed by atoms with Crippen molar-refractivity contribution in [2.24, 2.45) is 5.92 Å². The zero-order valence-corrected chi connectivity index (χ0v) is 31.0. The number of hydrogen-bond acceptors (Lipinski definition) is 10. The molecule has 1 aromatic rings. The van der Waals surface area contributed by atoms with E-state index in [1.807, 2.05) is 30.4 Å². The standard InChI is InChI=1S/C38H53N5O10/c1-37(2,3)53-35(48)39-30-10-8-6-4-5-7-9-27-21-38(27,34(46)47)40-32(44)31-20-29(24-43(31)33(30)45)52-36(49)42-22-25-11-12-28(19-26(25)23-42)51-18-15-41-13-16-50-17-14-41/h7,9,11-12,19,27,29-31H,4-6,8,10,13-18,20-24H2,1-3H3,(H,39,48)(H,40,44)(H,46,47)/t27-,29-,30+,31+,38-/m1/s1. The third kappa shape index (κ3) is 9.60. The highest BCUT2D eigenvalue weighted by Crippen LogP contribution is 2.45. The molecule has 0 unspecified atom stereocenters. The Bertz CT molecular complexity index is 1570. The lowest BCUT2D eigenvalue weighted by Crippen LogP contribution is -2.56. The van der Waals surface area contributed by atoms with Gasteiger partial charge in [-0.05, 0) is 69.7 Å². The van der Waals surface area contributed by atoms with E-state index >= 15 is 0 Å². The van der Waals surface area contributed by atoms with Crippen molar-refractivity contribution >= 4 is 30.0 Å². The number of carboxylic acids is 1. The normalized spacial score (nSPS) is 28.1. The maximum Gasteiger partial charge on any atom is 0.410 e. The maximum absolute atomic E-state index is 14.2. The van der Waals surface area contributed by atoms with Crippen molar-refractivity contribution < 1.29 is 48.0 Å². The van der Waals surface area contributed by atoms with E-state index in [0.717, 1.165) is 69.0 Å². The summed E-state index contributed by atoms with van der Waals surface area (Å²) >= 11 is 0. The van der Waals surface area contributed by atoms with E-state index in [1.165, 1.54) is 4.90 Å². The monoisotopic (exact) mass is 739 g/mol. The largest absolute Gasteiger partial charge is 0.492 e. The molecule has 4 amide bonds. The Morgan fingerprint density at radius 2 is 1.85 bits per heavy atom. The predicted molar refractivity (Wildman–Crippen MR) is 191 cm³/mol. The highest BCUT2D eigenvalue weighted by Gasteiger charge is 2.61. The number of carbonyl (C=O) groups is 5. The summed E-state index contributed by atoms with van der Waals surface area (Å²) in [4.78, 5) is 72.1. The Hall–Kier alpha value is -4.37. The number of morpholine rings is 1. The quantitative estimate of drug-likeness (QED) is 0.350. The zero-order chi connectivity index (χ0) is 37.8. The van der Waals surface area contributed by atoms with Crippen LogP contribution in [-0.4, -0.2) is 125 Å². The molecule has 0 aromatic heterocycles. The van der Waals surface area contributed by atoms with E-state index in [1.54, 1.807) is 25.7 Å². The molecule has 2 saturated heterocycles. The van der Waals surface area contributed by atoms with Crippen LogP contribution in [0.2, 0.25) is 0 Å². The third-order valence-electron chi connectivity index (χ3n) is 10.5. The molecule has 53 heavy (non-hydrogen) atoms. The average Bonchev–Trinajstić information content (AvgIpc) is 3.41. The Morgan fingerprint density at radius 1 is 1.08 bits per heavy atom. The molecule has 3 N–H and O–H groups in total. The van der Waals surface area contributed by atoms with Crippen LogP contribution in [-0.2, 0) is 41.7 Å². The summed E-state index contributed by atoms with van der Waals surface area (Å²) in [5.41, 5.74) is -0.354. The maximum atomic E-state index is 14.2. The van der Waals surface area contributed by atoms with Gasteiger partial charge in [0.2, 0.25) is 11.8 Å². The number of carbonyl (C=O) groups excluding carboxylic acids is 4. The fourth-order valence-electron chi connectivity index (χ4n) is 7.52. The Labute approximate surface area is 310 Å². The molecule has 5 atom stereocenters. The molecular formula is C38H53N5O10. The number of nitrogens with one attached hydrogen (secondary N) is 2. The van der Waals surface area contributed by atoms with Crippen molar-refractivity contribution in [3.05, 3.63) is 41.5 Å². The molecule has 0 bridgehead atoms. The second-order valence-electron chi connectivity index (χ2n) is 15.7. The molecular weight excluding hydrogens is 686 g/mol. The molecule has 3 fully saturated rings. The summed E-state index contributed by atoms with van der Waals surface area (Å²) in [7, 11) is 0. The molecule has 15 heteroatoms. The van der Waals surface area contributed by atoms with E-state index in [9.17, 15) is 29.1 Å². The number of alkyl carbamates (subject to hydrolysis) is 1. The highest BCUT2D eigenvalue weighted by atomic mass is 16.6. The van der Waals surface area contributed by atoms with Gasteiger partial charge in [0.15, 0.2) is 0 Å². The fourth-order valence-corrected chi connectivity index (χ4v) is 7.52. The minimum Gasteiger partial charge on any atom is -0.492 e. The summed E-state index contributed by atoms with van der Waals surface area (Å²) in [6.45, 7) is 10.3. The fraction of sp³-hybridized carbons (Fsp3) is 0.658. The van der Waals surface area contributed by atoms with Gasteiger partial charge in [-0.25, -0.2) is 14.4 Å². The summed E-state index contributed by atoms with van der Waals surface area (Å²) in [5, 5.41) is 15.6. The molecule has 1 saturated carbocycles. The molecule has 5 aliphatic rings. The van der Waals surface area contributed by atoms with Crippen molar-refractivity contribution in [3.63, 3.8) is 0 Å². The van der Waals surface area contributed by atoms with Crippen LogP contribution >= 0.6 is 0 Å². The number of aliphatic carboxylic acids is 1. The topological polar surface area (TPSA) is 176 Å². The second-order valence-corrected chi connectivity index (χ2v) is 15.7. The van der Waals surface area contributed by atoms with Crippen LogP contribution < -0.4 is 15.4 Å². The number of carboxylic acid groups (broad SMARTS) is 1. The number of benzene rings is 1. The van der Waals surface area contributed by atoms with Crippen LogP contribution in [0.5, 0.6) is 5.75 Å². The lowest BCUT2D eigenvalue weighted by Gasteiger charge is -2.30. The first-order valence-electron chi connectivity index (χ1n) is 18.8. The van der Waals surface area contributed by atoms with E-state index in [-0.39, 0.29) is 25.3 Å². The number of rotatable bonds is 7. The molecule has 4 heterocycles. The highest BCUT2D eigenvalue weighted by molar-refractivity contribution is 5.96. The van der Waals surface area contributed by atoms with Gasteiger partial charge >= 0.3 is 18.2 Å². The number of nitrogens with zero attached hydrogens (tertiary/aromatic N) is 3. The molecule has 0 radical (unpaired) electrons. The van der Waals surface area contributed by atoms with E-state index in [0.29, 0.717) is 32.5 Å². The van der Waals surface area contributed by atoms with Crippen molar-refractivity contribution in [1.29, 1.82) is 0 Å². The van der Waals surface area contributed by atoms with E-state index in [4.69, 9.17) is 18.9 Å². The SMILES string of the molecule is CC(C)(C)OC(=O)N[C@H]1CCCCCC=C[C@@H]2C[C@@]2(C(=O)O)NC(=O)[C@@H]2C[C@@H](OC(=O)N3Cc4ccc(OCCN5CCOCC5)cc4C3)CN2C1=O. The summed E-state index contributed by atoms with van der Waals surface area (Å²) < 4.78 is 22.8. The molecule has 1 aromatic carbocycles. The van der Waals surface area contributed by atoms with Gasteiger partial charge in [0.1, 0.15) is 41.7 Å². The van der Waals surface area contributed by atoms with Crippen LogP contribution in [0.3, 0.4) is 0 Å². The smallest absolute Gasteiger partial charge is 0.410 e. The van der Waals surface area contributed by atoms with Crippen LogP contribution in [0.4, 0.5) is 9.59 Å². The Balaban J connectivity index is 1.13. The average molecular weight is 740 g/mol. The van der Waals surface area contributed by atoms with Crippen molar-refractivity contribution in [3.8, 4) is 5.75 Å². The third-order valence-corrected chi connectivity index (χ3v) is 10.5. The van der Waals surface area contributed by atoms with Crippen LogP contribution in [0.15, 0.2) is 30.4 Å². The van der Waals surface area contributed by atoms with E-state index in [2.05, 4.69) is 15.5 Å². The van der Waals surface area contributed by atoms with Gasteiger partial charge in [0.25, 0.3) is 0 Å². The molecule has 1 aliphatic carbocycles. The Kier molecular flexibility index (Phi) is 11.8. The Morgan fingerprint density at radius 3 is 2.60 bits per heavy atom. The number of ether oxygens (including phenoxy) is 4. The minimum atomic E-state index is -1.47. The lowest BCUT2D eigenvalue weighted by molar-refractivity contribution is -0.145. The summed E-state index contributed by atoms with van der Waals surface area (Å²) in [6.07, 6.45) is 5.06. The minimum absolute atomic E-state index is 0.0272. The van der Waals surface area contributed by atoms with Gasteiger partial charge in [-0.15, -0.1) is 0 Å². The molecule has 290 valence electrons. The van der Waals surface area contributed by atoms with Crippen LogP contribution in [0.1, 0.15) is 76.8 Å². The first-order chi connectivity index (χ1) is 25.3. The van der Waals surface area contributed by atoms with Crippen molar-refractivity contribution in [1.82, 2.24) is 25.3 Å². The number of hydrogen-bond donors (Lipinski definition) is 3. The van der Waals surface area contributed by atoms with Gasteiger partial charge in [-0.2, -0.15) is 0 Å². The second kappa shape index (κ2) is 16.3. The molecule has 0 spiro atoms. The number of fused-ring (bicyclic) bond motifs is 3. The first kappa shape index (κ1) is 38.4. The van der Waals surface area contributed by atoms with Gasteiger partial charge in [0.05, 0.1) is 19.8 Å². The van der Waals surface area contributed by atoms with E-state index < -0.39 is 59.3 Å². The zero-order valence-electron chi connectivity index (χ0n) is 31.0. The van der Waals surface area contributed by atoms with Gasteiger partial charge in [-0.1, -0.05) is 31.1 Å². The first-order valence-corrected chi connectivity index (χ1v) is 18.8. The van der Waals surface area contributed by atoms with Crippen LogP contribution in [0.25, 0.3) is 0 Å². The lowest BCUT2D eigenvalue weighted by atomic mass is 10.0. The van der Waals surface area contributed by atoms with Gasteiger partial charge in [-0.3, -0.25) is 19.4 Å². The molecule has 15 nitrogen and oxygen atoms in total. The van der Waals surface area contributed by atoms with Crippen molar-refractivity contribution in [2.45, 2.75) is 108 Å². The number of amides is 4. The van der Waals surface area contributed by atoms with Gasteiger partial charge < -0.3 is 39.6 Å². The summed E-state index contributed by atoms with van der Waals surface area (Å²) in [5.74, 6) is -1.96. The molecule has 6 rings (SSSR count). The van der Waals surface area contributed by atoms with Gasteiger partial charge in [0, 0.05) is 45.1 Å². The predicted octanol–water partition coefficient (Wildman–Crippen LogP) is 3.19. The summed E-state index contributed by atoms with van der Waals surface area (Å²) in [6, 6.07) is 3.65.